The average Bonchev–Trinajstić information content (AvgIpc) is 2.89. The lowest BCUT2D eigenvalue weighted by Crippen LogP contribution is -2.46. The zero-order valence-electron chi connectivity index (χ0n) is 20.4. The summed E-state index contributed by atoms with van der Waals surface area (Å²) in [5.74, 6) is -2.27. The summed E-state index contributed by atoms with van der Waals surface area (Å²) in [6, 6.07) is 11.9. The Bertz CT molecular complexity index is 1170. The zero-order valence-corrected chi connectivity index (χ0v) is 20.4. The second-order valence-electron chi connectivity index (χ2n) is 8.73. The molecule has 1 aliphatic rings. The van der Waals surface area contributed by atoms with Gasteiger partial charge in [0.15, 0.2) is 5.82 Å². The van der Waals surface area contributed by atoms with E-state index >= 15 is 0 Å². The van der Waals surface area contributed by atoms with E-state index in [4.69, 9.17) is 0 Å². The molecule has 0 spiro atoms. The Morgan fingerprint density at radius 2 is 1.63 bits per heavy atom. The third kappa shape index (κ3) is 5.48. The number of halogens is 2. The highest BCUT2D eigenvalue weighted by atomic mass is 19.3. The minimum Gasteiger partial charge on any atom is -0.352 e. The van der Waals surface area contributed by atoms with Gasteiger partial charge in [0.25, 0.3) is 5.92 Å². The van der Waals surface area contributed by atoms with Crippen molar-refractivity contribution in [3.63, 3.8) is 0 Å². The number of hydrogen-bond acceptors (Lipinski definition) is 5. The fraction of sp³-hybridized carbons (Fsp3) is 0.370. The van der Waals surface area contributed by atoms with Gasteiger partial charge in [-0.1, -0.05) is 44.2 Å². The number of rotatable bonds is 7. The van der Waals surface area contributed by atoms with Crippen LogP contribution in [-0.2, 0) is 10.7 Å². The summed E-state index contributed by atoms with van der Waals surface area (Å²) in [5.41, 5.74) is 3.65. The molecule has 2 aromatic carbocycles. The molecule has 4 rings (SSSR count). The number of amides is 1. The molecule has 0 bridgehead atoms. The molecule has 0 aliphatic carbocycles. The molecule has 1 aromatic heterocycles. The van der Waals surface area contributed by atoms with Crippen LogP contribution in [0.1, 0.15) is 32.8 Å². The number of nitrogens with zero attached hydrogens (tertiary/aromatic N) is 4. The average molecular weight is 480 g/mol. The minimum atomic E-state index is -2.88. The van der Waals surface area contributed by atoms with Crippen LogP contribution in [0.15, 0.2) is 54.9 Å². The molecular weight excluding hydrogens is 448 g/mol. The number of nitrogens with one attached hydrogen (secondary N) is 1. The number of likely N-dealkylation sites (N-methyl/N-ethyl adjacent to an activating group) is 1. The molecule has 0 saturated carbocycles. The lowest BCUT2D eigenvalue weighted by Gasteiger charge is -2.35. The van der Waals surface area contributed by atoms with Crippen molar-refractivity contribution in [2.75, 3.05) is 42.9 Å². The molecule has 0 unspecified atom stereocenters. The molecule has 0 radical (unpaired) electrons. The first kappa shape index (κ1) is 24.7. The Morgan fingerprint density at radius 1 is 0.971 bits per heavy atom. The Labute approximate surface area is 205 Å². The van der Waals surface area contributed by atoms with Gasteiger partial charge in [-0.25, -0.2) is 13.8 Å². The molecule has 3 aromatic rings. The fourth-order valence-electron chi connectivity index (χ4n) is 4.37. The molecule has 6 nitrogen and oxygen atoms in total. The standard InChI is InChI=1S/C27H31F2N5O/c1-4-27(28,29)22-9-6-20(7-10-22)23-18-21(8-11-24(23)32-19(3)35)25-26(31-13-12-30-25)34-16-14-33(5-2)15-17-34/h6-13,18H,4-5,14-17H2,1-3H3,(H,32,35). The first-order chi connectivity index (χ1) is 16.8. The van der Waals surface area contributed by atoms with E-state index in [1.165, 1.54) is 26.0 Å². The van der Waals surface area contributed by atoms with E-state index in [0.717, 1.165) is 60.9 Å². The van der Waals surface area contributed by atoms with Crippen LogP contribution in [0.4, 0.5) is 20.3 Å². The predicted molar refractivity (Wildman–Crippen MR) is 136 cm³/mol. The van der Waals surface area contributed by atoms with Gasteiger partial charge in [-0.2, -0.15) is 0 Å². The maximum Gasteiger partial charge on any atom is 0.273 e. The second kappa shape index (κ2) is 10.5. The highest BCUT2D eigenvalue weighted by Crippen LogP contribution is 2.37. The van der Waals surface area contributed by atoms with Crippen molar-refractivity contribution in [1.29, 1.82) is 0 Å². The first-order valence-electron chi connectivity index (χ1n) is 12.0. The van der Waals surface area contributed by atoms with Gasteiger partial charge in [0.05, 0.1) is 0 Å². The third-order valence-corrected chi connectivity index (χ3v) is 6.46. The van der Waals surface area contributed by atoms with Crippen LogP contribution < -0.4 is 10.2 Å². The maximum absolute atomic E-state index is 14.1. The molecule has 0 atom stereocenters. The van der Waals surface area contributed by atoms with E-state index in [1.807, 2.05) is 18.2 Å². The van der Waals surface area contributed by atoms with Crippen LogP contribution in [0.5, 0.6) is 0 Å². The molecular formula is C27H31F2N5O. The van der Waals surface area contributed by atoms with Gasteiger partial charge in [0.2, 0.25) is 5.91 Å². The largest absolute Gasteiger partial charge is 0.352 e. The molecule has 35 heavy (non-hydrogen) atoms. The highest BCUT2D eigenvalue weighted by molar-refractivity contribution is 5.95. The number of carbonyl (C=O) groups is 1. The fourth-order valence-corrected chi connectivity index (χ4v) is 4.37. The van der Waals surface area contributed by atoms with Gasteiger partial charge in [-0.15, -0.1) is 0 Å². The van der Waals surface area contributed by atoms with Gasteiger partial charge < -0.3 is 15.1 Å². The normalized spacial score (nSPS) is 14.7. The van der Waals surface area contributed by atoms with Gasteiger partial charge in [-0.05, 0) is 24.2 Å². The molecule has 2 heterocycles. The van der Waals surface area contributed by atoms with Gasteiger partial charge in [0, 0.05) is 74.3 Å². The number of benzene rings is 2. The number of carbonyl (C=O) groups excluding carboxylic acids is 1. The summed E-state index contributed by atoms with van der Waals surface area (Å²) in [6.07, 6.45) is 3.11. The minimum absolute atomic E-state index is 0.0246. The molecule has 184 valence electrons. The molecule has 1 N–H and O–H groups in total. The van der Waals surface area contributed by atoms with Crippen molar-refractivity contribution in [2.24, 2.45) is 0 Å². The van der Waals surface area contributed by atoms with E-state index in [9.17, 15) is 13.6 Å². The predicted octanol–water partition coefficient (Wildman–Crippen LogP) is 5.41. The number of hydrogen-bond donors (Lipinski definition) is 1. The van der Waals surface area contributed by atoms with Crippen molar-refractivity contribution in [3.05, 3.63) is 60.4 Å². The summed E-state index contributed by atoms with van der Waals surface area (Å²) < 4.78 is 28.3. The Balaban J connectivity index is 1.74. The van der Waals surface area contributed by atoms with E-state index in [0.29, 0.717) is 5.69 Å². The Kier molecular flexibility index (Phi) is 7.40. The summed E-state index contributed by atoms with van der Waals surface area (Å²) in [5, 5.41) is 2.86. The number of aromatic nitrogens is 2. The van der Waals surface area contributed by atoms with Crippen LogP contribution in [-0.4, -0.2) is 53.5 Å². The lowest BCUT2D eigenvalue weighted by atomic mass is 9.96. The monoisotopic (exact) mass is 479 g/mol. The topological polar surface area (TPSA) is 61.4 Å². The van der Waals surface area contributed by atoms with Gasteiger partial charge >= 0.3 is 0 Å². The molecule has 8 heteroatoms. The van der Waals surface area contributed by atoms with Crippen molar-refractivity contribution >= 4 is 17.4 Å². The van der Waals surface area contributed by atoms with Crippen LogP contribution >= 0.6 is 0 Å². The van der Waals surface area contributed by atoms with Crippen LogP contribution in [0, 0.1) is 0 Å². The van der Waals surface area contributed by atoms with E-state index in [-0.39, 0.29) is 17.9 Å². The molecule has 1 aliphatic heterocycles. The number of alkyl halides is 2. The maximum atomic E-state index is 14.1. The summed E-state index contributed by atoms with van der Waals surface area (Å²) in [6.45, 7) is 9.76. The molecule has 1 amide bonds. The SMILES string of the molecule is CCN1CCN(c2nccnc2-c2ccc(NC(C)=O)c(-c3ccc(C(F)(F)CC)cc3)c2)CC1. The second-order valence-corrected chi connectivity index (χ2v) is 8.73. The Morgan fingerprint density at radius 3 is 2.26 bits per heavy atom. The van der Waals surface area contributed by atoms with Crippen molar-refractivity contribution < 1.29 is 13.6 Å². The van der Waals surface area contributed by atoms with Crippen LogP contribution in [0.3, 0.4) is 0 Å². The highest BCUT2D eigenvalue weighted by Gasteiger charge is 2.28. The quantitative estimate of drug-likeness (QED) is 0.491. The molecule has 1 fully saturated rings. The van der Waals surface area contributed by atoms with Gasteiger partial charge in [0.1, 0.15) is 5.69 Å². The van der Waals surface area contributed by atoms with E-state index < -0.39 is 5.92 Å². The van der Waals surface area contributed by atoms with Crippen LogP contribution in [0.25, 0.3) is 22.4 Å². The zero-order chi connectivity index (χ0) is 25.0. The number of piperazine rings is 1. The van der Waals surface area contributed by atoms with Crippen molar-refractivity contribution in [3.8, 4) is 22.4 Å². The molecule has 1 saturated heterocycles. The Hall–Kier alpha value is -3.39. The summed E-state index contributed by atoms with van der Waals surface area (Å²) in [4.78, 5) is 25.8. The number of anilines is 2. The summed E-state index contributed by atoms with van der Waals surface area (Å²) >= 11 is 0. The van der Waals surface area contributed by atoms with E-state index in [1.54, 1.807) is 24.5 Å². The summed E-state index contributed by atoms with van der Waals surface area (Å²) in [7, 11) is 0. The lowest BCUT2D eigenvalue weighted by molar-refractivity contribution is -0.114. The first-order valence-corrected chi connectivity index (χ1v) is 12.0. The van der Waals surface area contributed by atoms with Crippen molar-refractivity contribution in [2.45, 2.75) is 33.1 Å². The van der Waals surface area contributed by atoms with Crippen molar-refractivity contribution in [1.82, 2.24) is 14.9 Å². The van der Waals surface area contributed by atoms with E-state index in [2.05, 4.69) is 32.0 Å². The van der Waals surface area contributed by atoms with Gasteiger partial charge in [-0.3, -0.25) is 9.78 Å². The van der Waals surface area contributed by atoms with Crippen LogP contribution in [0.2, 0.25) is 0 Å². The smallest absolute Gasteiger partial charge is 0.273 e. The third-order valence-electron chi connectivity index (χ3n) is 6.46.